The molecule has 0 radical (unpaired) electrons. The molecule has 18 heavy (non-hydrogen) atoms. The Kier molecular flexibility index (Phi) is 6.20. The molecule has 0 aliphatic heterocycles. The van der Waals surface area contributed by atoms with Crippen molar-refractivity contribution in [1.29, 1.82) is 0 Å². The third kappa shape index (κ3) is 4.69. The van der Waals surface area contributed by atoms with Crippen LogP contribution in [-0.2, 0) is 0 Å². The van der Waals surface area contributed by atoms with Crippen LogP contribution in [0, 0.1) is 13.8 Å². The Hall–Kier alpha value is -1.02. The summed E-state index contributed by atoms with van der Waals surface area (Å²) in [6.45, 7) is 11.7. The molecule has 1 atom stereocenters. The quantitative estimate of drug-likeness (QED) is 0.792. The Morgan fingerprint density at radius 3 is 2.39 bits per heavy atom. The van der Waals surface area contributed by atoms with Gasteiger partial charge in [-0.15, -0.1) is 0 Å². The third-order valence-electron chi connectivity index (χ3n) is 3.34. The lowest BCUT2D eigenvalue weighted by molar-refractivity contribution is 0.208. The smallest absolute Gasteiger partial charge is 0.122 e. The van der Waals surface area contributed by atoms with Crippen LogP contribution in [0.2, 0.25) is 0 Å². The van der Waals surface area contributed by atoms with Gasteiger partial charge in [-0.2, -0.15) is 0 Å². The molecule has 0 spiro atoms. The van der Waals surface area contributed by atoms with E-state index in [-0.39, 0.29) is 6.10 Å². The minimum Gasteiger partial charge on any atom is -0.489 e. The molecule has 1 aromatic rings. The van der Waals surface area contributed by atoms with Crippen LogP contribution in [0.1, 0.15) is 44.7 Å². The lowest BCUT2D eigenvalue weighted by atomic mass is 10.1. The second kappa shape index (κ2) is 7.42. The van der Waals surface area contributed by atoms with Crippen molar-refractivity contribution >= 4 is 0 Å². The summed E-state index contributed by atoms with van der Waals surface area (Å²) in [6, 6.07) is 6.94. The number of nitrogens with one attached hydrogen (secondary N) is 1. The van der Waals surface area contributed by atoms with Crippen molar-refractivity contribution in [3.63, 3.8) is 0 Å². The number of benzene rings is 1. The Morgan fingerprint density at radius 1 is 1.17 bits per heavy atom. The van der Waals surface area contributed by atoms with Crippen molar-refractivity contribution in [2.24, 2.45) is 0 Å². The highest BCUT2D eigenvalue weighted by atomic mass is 16.5. The van der Waals surface area contributed by atoms with Crippen LogP contribution < -0.4 is 10.1 Å². The molecular weight excluding hydrogens is 222 g/mol. The molecule has 1 rings (SSSR count). The number of hydrogen-bond donors (Lipinski definition) is 1. The summed E-state index contributed by atoms with van der Waals surface area (Å²) in [5.41, 5.74) is 2.49. The van der Waals surface area contributed by atoms with Crippen LogP contribution in [-0.4, -0.2) is 18.7 Å². The summed E-state index contributed by atoms with van der Waals surface area (Å²) in [7, 11) is 0. The second-order valence-electron chi connectivity index (χ2n) is 5.12. The molecule has 0 fully saturated rings. The third-order valence-corrected chi connectivity index (χ3v) is 3.34. The van der Waals surface area contributed by atoms with Crippen molar-refractivity contribution in [1.82, 2.24) is 5.32 Å². The van der Waals surface area contributed by atoms with Crippen LogP contribution in [0.15, 0.2) is 18.2 Å². The predicted octanol–water partition coefficient (Wildman–Crippen LogP) is 3.85. The van der Waals surface area contributed by atoms with E-state index in [9.17, 15) is 0 Å². The first-order valence-electron chi connectivity index (χ1n) is 7.04. The minimum absolute atomic E-state index is 0.201. The van der Waals surface area contributed by atoms with Gasteiger partial charge in [-0.25, -0.2) is 0 Å². The van der Waals surface area contributed by atoms with E-state index < -0.39 is 0 Å². The van der Waals surface area contributed by atoms with E-state index in [1.54, 1.807) is 0 Å². The summed E-state index contributed by atoms with van der Waals surface area (Å²) in [4.78, 5) is 0. The lowest BCUT2D eigenvalue weighted by Gasteiger charge is -2.20. The molecular formula is C16H27NO. The van der Waals surface area contributed by atoms with E-state index in [2.05, 4.69) is 58.1 Å². The highest BCUT2D eigenvalue weighted by Crippen LogP contribution is 2.19. The van der Waals surface area contributed by atoms with Gasteiger partial charge in [-0.3, -0.25) is 0 Å². The molecule has 0 aliphatic rings. The van der Waals surface area contributed by atoms with Crippen LogP contribution >= 0.6 is 0 Å². The van der Waals surface area contributed by atoms with Crippen molar-refractivity contribution in [2.75, 3.05) is 6.54 Å². The van der Waals surface area contributed by atoms with Crippen LogP contribution in [0.5, 0.6) is 5.75 Å². The molecule has 0 saturated heterocycles. The summed E-state index contributed by atoms with van der Waals surface area (Å²) >= 11 is 0. The standard InChI is InChI=1S/C16H27NO/c1-6-15(7-2)17-11-14(5)18-16-9-8-12(3)10-13(16)4/h8-10,14-15,17H,6-7,11H2,1-5H3. The normalized spacial score (nSPS) is 12.8. The lowest BCUT2D eigenvalue weighted by Crippen LogP contribution is -2.36. The van der Waals surface area contributed by atoms with Crippen molar-refractivity contribution in [2.45, 2.75) is 59.6 Å². The summed E-state index contributed by atoms with van der Waals surface area (Å²) in [5.74, 6) is 0.999. The molecule has 102 valence electrons. The molecule has 1 N–H and O–H groups in total. The van der Waals surface area contributed by atoms with Gasteiger partial charge in [0.1, 0.15) is 11.9 Å². The number of ether oxygens (including phenoxy) is 1. The fourth-order valence-electron chi connectivity index (χ4n) is 2.10. The molecule has 0 saturated carbocycles. The summed E-state index contributed by atoms with van der Waals surface area (Å²) in [5, 5.41) is 3.54. The Labute approximate surface area is 112 Å². The van der Waals surface area contributed by atoms with Gasteiger partial charge in [0.15, 0.2) is 0 Å². The molecule has 0 amide bonds. The maximum absolute atomic E-state index is 5.98. The molecule has 0 heterocycles. The number of rotatable bonds is 7. The highest BCUT2D eigenvalue weighted by molar-refractivity contribution is 5.35. The minimum atomic E-state index is 0.201. The van der Waals surface area contributed by atoms with Gasteiger partial charge in [0, 0.05) is 12.6 Å². The molecule has 2 nitrogen and oxygen atoms in total. The van der Waals surface area contributed by atoms with Gasteiger partial charge >= 0.3 is 0 Å². The Morgan fingerprint density at radius 2 is 1.83 bits per heavy atom. The average Bonchev–Trinajstić information content (AvgIpc) is 2.34. The maximum atomic E-state index is 5.98. The van der Waals surface area contributed by atoms with Gasteiger partial charge in [0.25, 0.3) is 0 Å². The summed E-state index contributed by atoms with van der Waals surface area (Å²) < 4.78 is 5.98. The van der Waals surface area contributed by atoms with E-state index >= 15 is 0 Å². The van der Waals surface area contributed by atoms with Gasteiger partial charge in [0.05, 0.1) is 0 Å². The number of hydrogen-bond acceptors (Lipinski definition) is 2. The van der Waals surface area contributed by atoms with Gasteiger partial charge in [0.2, 0.25) is 0 Å². The van der Waals surface area contributed by atoms with Gasteiger partial charge in [-0.1, -0.05) is 31.5 Å². The van der Waals surface area contributed by atoms with Crippen molar-refractivity contribution < 1.29 is 4.74 Å². The van der Waals surface area contributed by atoms with Crippen molar-refractivity contribution in [3.05, 3.63) is 29.3 Å². The molecule has 1 aromatic carbocycles. The van der Waals surface area contributed by atoms with Crippen LogP contribution in [0.25, 0.3) is 0 Å². The molecule has 1 unspecified atom stereocenters. The van der Waals surface area contributed by atoms with E-state index in [4.69, 9.17) is 4.74 Å². The SMILES string of the molecule is CCC(CC)NCC(C)Oc1ccc(C)cc1C. The zero-order valence-corrected chi connectivity index (χ0v) is 12.4. The second-order valence-corrected chi connectivity index (χ2v) is 5.12. The molecule has 0 aromatic heterocycles. The summed E-state index contributed by atoms with van der Waals surface area (Å²) in [6.07, 6.45) is 2.55. The Bertz CT molecular complexity index is 358. The largest absolute Gasteiger partial charge is 0.489 e. The van der Waals surface area contributed by atoms with Crippen LogP contribution in [0.3, 0.4) is 0 Å². The first-order valence-corrected chi connectivity index (χ1v) is 7.04. The topological polar surface area (TPSA) is 21.3 Å². The van der Waals surface area contributed by atoms with Gasteiger partial charge < -0.3 is 10.1 Å². The molecule has 0 bridgehead atoms. The average molecular weight is 249 g/mol. The first-order chi connectivity index (χ1) is 8.56. The van der Waals surface area contributed by atoms with Gasteiger partial charge in [-0.05, 0) is 45.2 Å². The van der Waals surface area contributed by atoms with Crippen molar-refractivity contribution in [3.8, 4) is 5.75 Å². The maximum Gasteiger partial charge on any atom is 0.122 e. The Balaban J connectivity index is 2.46. The fourth-order valence-corrected chi connectivity index (χ4v) is 2.10. The predicted molar refractivity (Wildman–Crippen MR) is 78.4 cm³/mol. The van der Waals surface area contributed by atoms with E-state index in [0.717, 1.165) is 12.3 Å². The zero-order valence-electron chi connectivity index (χ0n) is 12.4. The zero-order chi connectivity index (χ0) is 13.5. The number of aryl methyl sites for hydroxylation is 2. The van der Waals surface area contributed by atoms with E-state index in [1.165, 1.54) is 24.0 Å². The highest BCUT2D eigenvalue weighted by Gasteiger charge is 2.09. The molecule has 2 heteroatoms. The van der Waals surface area contributed by atoms with E-state index in [1.807, 2.05) is 0 Å². The van der Waals surface area contributed by atoms with Crippen LogP contribution in [0.4, 0.5) is 0 Å². The fraction of sp³-hybridized carbons (Fsp3) is 0.625. The van der Waals surface area contributed by atoms with E-state index in [0.29, 0.717) is 6.04 Å². The molecule has 0 aliphatic carbocycles. The first kappa shape index (κ1) is 15.0. The monoisotopic (exact) mass is 249 g/mol.